The second-order valence-corrected chi connectivity index (χ2v) is 4.55. The van der Waals surface area contributed by atoms with Crippen molar-refractivity contribution in [2.45, 2.75) is 51.4 Å². The lowest BCUT2D eigenvalue weighted by Gasteiger charge is -2.15. The molecule has 1 aromatic rings. The summed E-state index contributed by atoms with van der Waals surface area (Å²) < 4.78 is 0. The summed E-state index contributed by atoms with van der Waals surface area (Å²) in [6, 6.07) is 10.0. The lowest BCUT2D eigenvalue weighted by Crippen LogP contribution is -2.06. The van der Waals surface area contributed by atoms with Gasteiger partial charge in [-0.25, -0.2) is 0 Å². The van der Waals surface area contributed by atoms with Gasteiger partial charge in [-0.05, 0) is 17.9 Å². The Hall–Kier alpha value is -1.31. The molecule has 0 bridgehead atoms. The number of hydrogen-bond acceptors (Lipinski definition) is 1. The molecule has 94 valence electrons. The van der Waals surface area contributed by atoms with Crippen LogP contribution < -0.4 is 0 Å². The lowest BCUT2D eigenvalue weighted by molar-refractivity contribution is -0.137. The van der Waals surface area contributed by atoms with Crippen LogP contribution in [0.15, 0.2) is 30.3 Å². The van der Waals surface area contributed by atoms with Gasteiger partial charge in [-0.1, -0.05) is 62.9 Å². The van der Waals surface area contributed by atoms with Crippen molar-refractivity contribution in [1.29, 1.82) is 0 Å². The number of hydrogen-bond donors (Lipinski definition) is 1. The fourth-order valence-corrected chi connectivity index (χ4v) is 2.14. The topological polar surface area (TPSA) is 37.3 Å². The maximum absolute atomic E-state index is 10.9. The minimum absolute atomic E-state index is 0.172. The second kappa shape index (κ2) is 7.88. The Labute approximate surface area is 104 Å². The highest BCUT2D eigenvalue weighted by molar-refractivity contribution is 5.68. The molecule has 0 fully saturated rings. The maximum Gasteiger partial charge on any atom is 0.303 e. The average Bonchev–Trinajstić information content (AvgIpc) is 2.34. The van der Waals surface area contributed by atoms with E-state index in [0.29, 0.717) is 0 Å². The molecule has 0 saturated carbocycles. The first-order valence-electron chi connectivity index (χ1n) is 6.50. The number of carboxylic acid groups (broad SMARTS) is 1. The van der Waals surface area contributed by atoms with Crippen molar-refractivity contribution >= 4 is 5.97 Å². The molecule has 2 heteroatoms. The third-order valence-corrected chi connectivity index (χ3v) is 3.10. The summed E-state index contributed by atoms with van der Waals surface area (Å²) in [6.07, 6.45) is 6.02. The van der Waals surface area contributed by atoms with Crippen LogP contribution in [-0.2, 0) is 4.79 Å². The number of unbranched alkanes of at least 4 members (excludes halogenated alkanes) is 3. The van der Waals surface area contributed by atoms with Crippen molar-refractivity contribution in [2.75, 3.05) is 0 Å². The number of benzene rings is 1. The Morgan fingerprint density at radius 3 is 2.47 bits per heavy atom. The summed E-state index contributed by atoms with van der Waals surface area (Å²) in [5, 5.41) is 8.95. The van der Waals surface area contributed by atoms with Crippen LogP contribution in [0, 0.1) is 0 Å². The number of rotatable bonds is 8. The Balaban J connectivity index is 2.52. The molecule has 0 aliphatic carbocycles. The highest BCUT2D eigenvalue weighted by atomic mass is 16.4. The molecule has 1 unspecified atom stereocenters. The van der Waals surface area contributed by atoms with E-state index in [9.17, 15) is 4.79 Å². The van der Waals surface area contributed by atoms with Gasteiger partial charge < -0.3 is 5.11 Å². The van der Waals surface area contributed by atoms with E-state index in [-0.39, 0.29) is 12.3 Å². The molecule has 0 amide bonds. The third-order valence-electron chi connectivity index (χ3n) is 3.10. The smallest absolute Gasteiger partial charge is 0.303 e. The van der Waals surface area contributed by atoms with Crippen molar-refractivity contribution in [3.05, 3.63) is 35.9 Å². The predicted molar refractivity (Wildman–Crippen MR) is 70.2 cm³/mol. The molecule has 1 rings (SSSR count). The monoisotopic (exact) mass is 234 g/mol. The highest BCUT2D eigenvalue weighted by Crippen LogP contribution is 2.25. The van der Waals surface area contributed by atoms with E-state index < -0.39 is 5.97 Å². The van der Waals surface area contributed by atoms with Crippen LogP contribution in [0.5, 0.6) is 0 Å². The van der Waals surface area contributed by atoms with Crippen molar-refractivity contribution < 1.29 is 9.90 Å². The zero-order chi connectivity index (χ0) is 12.5. The van der Waals surface area contributed by atoms with Gasteiger partial charge in [0.1, 0.15) is 0 Å². The molecule has 2 nitrogen and oxygen atoms in total. The molecular weight excluding hydrogens is 212 g/mol. The van der Waals surface area contributed by atoms with E-state index in [1.54, 1.807) is 0 Å². The molecule has 1 N–H and O–H groups in total. The first-order valence-corrected chi connectivity index (χ1v) is 6.50. The normalized spacial score (nSPS) is 12.3. The molecule has 0 aliphatic rings. The second-order valence-electron chi connectivity index (χ2n) is 4.55. The van der Waals surface area contributed by atoms with Gasteiger partial charge in [-0.2, -0.15) is 0 Å². The van der Waals surface area contributed by atoms with Crippen molar-refractivity contribution in [2.24, 2.45) is 0 Å². The van der Waals surface area contributed by atoms with E-state index in [4.69, 9.17) is 5.11 Å². The van der Waals surface area contributed by atoms with Gasteiger partial charge in [0.05, 0.1) is 6.42 Å². The molecule has 1 aromatic carbocycles. The van der Waals surface area contributed by atoms with E-state index in [0.717, 1.165) is 18.4 Å². The first kappa shape index (κ1) is 13.8. The van der Waals surface area contributed by atoms with Gasteiger partial charge in [0.25, 0.3) is 0 Å². The fraction of sp³-hybridized carbons (Fsp3) is 0.533. The summed E-state index contributed by atoms with van der Waals surface area (Å²) in [5.74, 6) is -0.528. The van der Waals surface area contributed by atoms with Crippen molar-refractivity contribution in [3.63, 3.8) is 0 Å². The minimum atomic E-state index is -0.700. The van der Waals surface area contributed by atoms with Crippen LogP contribution in [0.3, 0.4) is 0 Å². The van der Waals surface area contributed by atoms with Crippen LogP contribution in [0.2, 0.25) is 0 Å². The summed E-state index contributed by atoms with van der Waals surface area (Å²) >= 11 is 0. The van der Waals surface area contributed by atoms with Gasteiger partial charge in [0.2, 0.25) is 0 Å². The van der Waals surface area contributed by atoms with E-state index in [2.05, 4.69) is 6.92 Å². The number of carbonyl (C=O) groups is 1. The SMILES string of the molecule is CCCCCCC(CC(=O)O)c1ccccc1. The lowest BCUT2D eigenvalue weighted by atomic mass is 9.90. The highest BCUT2D eigenvalue weighted by Gasteiger charge is 2.14. The zero-order valence-corrected chi connectivity index (χ0v) is 10.6. The van der Waals surface area contributed by atoms with Crippen molar-refractivity contribution in [3.8, 4) is 0 Å². The molecule has 0 aromatic heterocycles. The summed E-state index contributed by atoms with van der Waals surface area (Å²) in [4.78, 5) is 10.9. The van der Waals surface area contributed by atoms with Crippen LogP contribution >= 0.6 is 0 Å². The number of carboxylic acids is 1. The fourth-order valence-electron chi connectivity index (χ4n) is 2.14. The summed E-state index contributed by atoms with van der Waals surface area (Å²) in [6.45, 7) is 2.19. The average molecular weight is 234 g/mol. The Morgan fingerprint density at radius 2 is 1.88 bits per heavy atom. The van der Waals surface area contributed by atoms with E-state index in [1.807, 2.05) is 30.3 Å². The predicted octanol–water partition coefficient (Wildman–Crippen LogP) is 4.22. The molecule has 0 saturated heterocycles. The summed E-state index contributed by atoms with van der Waals surface area (Å²) in [5.41, 5.74) is 1.16. The van der Waals surface area contributed by atoms with E-state index in [1.165, 1.54) is 19.3 Å². The van der Waals surface area contributed by atoms with Crippen molar-refractivity contribution in [1.82, 2.24) is 0 Å². The van der Waals surface area contributed by atoms with E-state index >= 15 is 0 Å². The van der Waals surface area contributed by atoms with Gasteiger partial charge in [-0.3, -0.25) is 4.79 Å². The zero-order valence-electron chi connectivity index (χ0n) is 10.6. The van der Waals surface area contributed by atoms with Gasteiger partial charge >= 0.3 is 5.97 Å². The molecule has 1 atom stereocenters. The Morgan fingerprint density at radius 1 is 1.18 bits per heavy atom. The van der Waals surface area contributed by atoms with Gasteiger partial charge in [0, 0.05) is 0 Å². The Bertz CT molecular complexity index is 319. The molecule has 0 radical (unpaired) electrons. The molecular formula is C15H22O2. The molecule has 17 heavy (non-hydrogen) atoms. The molecule has 0 heterocycles. The standard InChI is InChI=1S/C15H22O2/c1-2-3-4-6-11-14(12-15(16)17)13-9-7-5-8-10-13/h5,7-10,14H,2-4,6,11-12H2,1H3,(H,16,17). The van der Waals surface area contributed by atoms with Gasteiger partial charge in [-0.15, -0.1) is 0 Å². The first-order chi connectivity index (χ1) is 8.24. The molecule has 0 spiro atoms. The van der Waals surface area contributed by atoms with Crippen LogP contribution in [0.4, 0.5) is 0 Å². The number of aliphatic carboxylic acids is 1. The van der Waals surface area contributed by atoms with Crippen LogP contribution in [-0.4, -0.2) is 11.1 Å². The third kappa shape index (κ3) is 5.53. The maximum atomic E-state index is 10.9. The quantitative estimate of drug-likeness (QED) is 0.684. The van der Waals surface area contributed by atoms with Crippen LogP contribution in [0.25, 0.3) is 0 Å². The minimum Gasteiger partial charge on any atom is -0.481 e. The Kier molecular flexibility index (Phi) is 6.38. The largest absolute Gasteiger partial charge is 0.481 e. The van der Waals surface area contributed by atoms with Crippen LogP contribution in [0.1, 0.15) is 56.9 Å². The summed E-state index contributed by atoms with van der Waals surface area (Å²) in [7, 11) is 0. The molecule has 0 aliphatic heterocycles. The van der Waals surface area contributed by atoms with Gasteiger partial charge in [0.15, 0.2) is 0 Å².